The van der Waals surface area contributed by atoms with E-state index in [0.29, 0.717) is 11.5 Å². The first-order valence-electron chi connectivity index (χ1n) is 6.91. The molecule has 6 nitrogen and oxygen atoms in total. The number of hydrogen-bond acceptors (Lipinski definition) is 7. The van der Waals surface area contributed by atoms with Gasteiger partial charge in [-0.25, -0.2) is 15.0 Å². The number of aryl methyl sites for hydroxylation is 1. The lowest BCUT2D eigenvalue weighted by Gasteiger charge is -2.22. The average molecular weight is 300 g/mol. The topological polar surface area (TPSA) is 68.9 Å². The highest BCUT2D eigenvalue weighted by Gasteiger charge is 2.20. The average Bonchev–Trinajstić information content (AvgIpc) is 2.81. The molecule has 0 N–H and O–H groups in total. The second-order valence-electron chi connectivity index (χ2n) is 4.94. The van der Waals surface area contributed by atoms with E-state index in [0.717, 1.165) is 43.4 Å². The molecule has 7 heteroatoms. The van der Waals surface area contributed by atoms with Crippen molar-refractivity contribution >= 4 is 22.3 Å². The van der Waals surface area contributed by atoms with Crippen LogP contribution >= 0.6 is 11.3 Å². The molecule has 21 heavy (non-hydrogen) atoms. The van der Waals surface area contributed by atoms with Crippen LogP contribution in [0.1, 0.15) is 17.8 Å². The standard InChI is InChI=1S/C14H16N6S/c1-11-10-21-14(18-11)20-6-2-5-19(7-8-20)13-12(9-15)16-3-4-17-13/h3-4,10H,2,5-8H2,1H3. The first kappa shape index (κ1) is 13.8. The molecule has 0 saturated carbocycles. The molecular weight excluding hydrogens is 284 g/mol. The fourth-order valence-corrected chi connectivity index (χ4v) is 3.31. The van der Waals surface area contributed by atoms with Gasteiger partial charge in [0, 0.05) is 44.0 Å². The van der Waals surface area contributed by atoms with E-state index < -0.39 is 0 Å². The monoisotopic (exact) mass is 300 g/mol. The van der Waals surface area contributed by atoms with Gasteiger partial charge < -0.3 is 9.80 Å². The molecule has 3 heterocycles. The number of anilines is 2. The summed E-state index contributed by atoms with van der Waals surface area (Å²) in [4.78, 5) is 17.4. The molecule has 0 amide bonds. The first-order chi connectivity index (χ1) is 10.3. The van der Waals surface area contributed by atoms with Crippen molar-refractivity contribution in [2.45, 2.75) is 13.3 Å². The van der Waals surface area contributed by atoms with Crippen LogP contribution in [0.25, 0.3) is 0 Å². The van der Waals surface area contributed by atoms with Crippen molar-refractivity contribution in [2.24, 2.45) is 0 Å². The summed E-state index contributed by atoms with van der Waals surface area (Å²) in [7, 11) is 0. The lowest BCUT2D eigenvalue weighted by Crippen LogP contribution is -2.31. The van der Waals surface area contributed by atoms with E-state index >= 15 is 0 Å². The van der Waals surface area contributed by atoms with E-state index in [1.807, 2.05) is 6.92 Å². The van der Waals surface area contributed by atoms with E-state index in [1.54, 1.807) is 23.7 Å². The van der Waals surface area contributed by atoms with Crippen LogP contribution < -0.4 is 9.80 Å². The Morgan fingerprint density at radius 2 is 1.90 bits per heavy atom. The van der Waals surface area contributed by atoms with Crippen LogP contribution in [0.4, 0.5) is 10.9 Å². The third-order valence-electron chi connectivity index (χ3n) is 3.46. The highest BCUT2D eigenvalue weighted by atomic mass is 32.1. The van der Waals surface area contributed by atoms with E-state index in [-0.39, 0.29) is 0 Å². The van der Waals surface area contributed by atoms with E-state index in [1.165, 1.54) is 0 Å². The fourth-order valence-electron chi connectivity index (χ4n) is 2.45. The van der Waals surface area contributed by atoms with Gasteiger partial charge in [0.15, 0.2) is 16.6 Å². The molecule has 0 aromatic carbocycles. The smallest absolute Gasteiger partial charge is 0.185 e. The summed E-state index contributed by atoms with van der Waals surface area (Å²) < 4.78 is 0. The quantitative estimate of drug-likeness (QED) is 0.843. The number of nitrogens with zero attached hydrogens (tertiary/aromatic N) is 6. The van der Waals surface area contributed by atoms with Crippen LogP contribution in [-0.2, 0) is 0 Å². The molecule has 2 aromatic rings. The molecule has 1 fully saturated rings. The lowest BCUT2D eigenvalue weighted by atomic mass is 10.3. The Morgan fingerprint density at radius 1 is 1.14 bits per heavy atom. The van der Waals surface area contributed by atoms with Gasteiger partial charge in [-0.3, -0.25) is 0 Å². The maximum Gasteiger partial charge on any atom is 0.185 e. The maximum atomic E-state index is 9.15. The van der Waals surface area contributed by atoms with Crippen LogP contribution in [0.15, 0.2) is 17.8 Å². The molecule has 0 radical (unpaired) electrons. The van der Waals surface area contributed by atoms with Crippen molar-refractivity contribution in [1.29, 1.82) is 5.26 Å². The van der Waals surface area contributed by atoms with Crippen LogP contribution in [0, 0.1) is 18.3 Å². The zero-order chi connectivity index (χ0) is 14.7. The Balaban J connectivity index is 1.75. The highest BCUT2D eigenvalue weighted by molar-refractivity contribution is 7.13. The predicted octanol–water partition coefficient (Wildman–Crippen LogP) is 1.83. The number of nitriles is 1. The maximum absolute atomic E-state index is 9.15. The number of hydrogen-bond donors (Lipinski definition) is 0. The molecule has 3 rings (SSSR count). The molecule has 0 bridgehead atoms. The predicted molar refractivity (Wildman–Crippen MR) is 82.6 cm³/mol. The molecule has 0 unspecified atom stereocenters. The van der Waals surface area contributed by atoms with Gasteiger partial charge >= 0.3 is 0 Å². The summed E-state index contributed by atoms with van der Waals surface area (Å²) in [6.45, 7) is 5.59. The molecule has 108 valence electrons. The molecular formula is C14H16N6S. The van der Waals surface area contributed by atoms with Crippen molar-refractivity contribution < 1.29 is 0 Å². The van der Waals surface area contributed by atoms with Crippen molar-refractivity contribution in [2.75, 3.05) is 36.0 Å². The van der Waals surface area contributed by atoms with Gasteiger partial charge in [0.25, 0.3) is 0 Å². The van der Waals surface area contributed by atoms with Crippen molar-refractivity contribution in [3.63, 3.8) is 0 Å². The van der Waals surface area contributed by atoms with Gasteiger partial charge in [-0.1, -0.05) is 0 Å². The minimum atomic E-state index is 0.399. The Bertz CT molecular complexity index is 661. The van der Waals surface area contributed by atoms with Crippen molar-refractivity contribution in [3.05, 3.63) is 29.2 Å². The minimum Gasteiger partial charge on any atom is -0.352 e. The van der Waals surface area contributed by atoms with Gasteiger partial charge in [-0.15, -0.1) is 11.3 Å². The summed E-state index contributed by atoms with van der Waals surface area (Å²) in [5, 5.41) is 12.3. The summed E-state index contributed by atoms with van der Waals surface area (Å²) in [6.07, 6.45) is 4.22. The Morgan fingerprint density at radius 3 is 2.67 bits per heavy atom. The normalized spacial score (nSPS) is 15.6. The molecule has 0 spiro atoms. The van der Waals surface area contributed by atoms with E-state index in [4.69, 9.17) is 5.26 Å². The van der Waals surface area contributed by atoms with Crippen molar-refractivity contribution in [3.8, 4) is 6.07 Å². The molecule has 1 saturated heterocycles. The number of thiazole rings is 1. The molecule has 2 aromatic heterocycles. The minimum absolute atomic E-state index is 0.399. The van der Waals surface area contributed by atoms with E-state index in [9.17, 15) is 0 Å². The van der Waals surface area contributed by atoms with Gasteiger partial charge in [0.05, 0.1) is 5.69 Å². The Labute approximate surface area is 127 Å². The number of rotatable bonds is 2. The molecule has 0 aliphatic carbocycles. The van der Waals surface area contributed by atoms with Gasteiger partial charge in [0.2, 0.25) is 0 Å². The lowest BCUT2D eigenvalue weighted by molar-refractivity contribution is 0.792. The molecule has 0 atom stereocenters. The fraction of sp³-hybridized carbons (Fsp3) is 0.429. The van der Waals surface area contributed by atoms with Crippen molar-refractivity contribution in [1.82, 2.24) is 15.0 Å². The zero-order valence-electron chi connectivity index (χ0n) is 11.9. The van der Waals surface area contributed by atoms with Crippen LogP contribution in [0.5, 0.6) is 0 Å². The largest absolute Gasteiger partial charge is 0.352 e. The van der Waals surface area contributed by atoms with Gasteiger partial charge in [-0.2, -0.15) is 5.26 Å². The summed E-state index contributed by atoms with van der Waals surface area (Å²) in [5.74, 6) is 0.692. The van der Waals surface area contributed by atoms with Crippen LogP contribution in [0.2, 0.25) is 0 Å². The Hall–Kier alpha value is -2.20. The second-order valence-corrected chi connectivity index (χ2v) is 5.78. The Kier molecular flexibility index (Phi) is 3.97. The number of aromatic nitrogens is 3. The molecule has 1 aliphatic rings. The van der Waals surface area contributed by atoms with Gasteiger partial charge in [0.1, 0.15) is 6.07 Å². The molecule has 1 aliphatic heterocycles. The SMILES string of the molecule is Cc1csc(N2CCCN(c3nccnc3C#N)CC2)n1. The van der Waals surface area contributed by atoms with Crippen LogP contribution in [-0.4, -0.2) is 41.1 Å². The van der Waals surface area contributed by atoms with Gasteiger partial charge in [-0.05, 0) is 13.3 Å². The third-order valence-corrected chi connectivity index (χ3v) is 4.48. The summed E-state index contributed by atoms with van der Waals surface area (Å²) >= 11 is 1.69. The third kappa shape index (κ3) is 2.95. The summed E-state index contributed by atoms with van der Waals surface area (Å²) in [5.41, 5.74) is 1.47. The zero-order valence-corrected chi connectivity index (χ0v) is 12.7. The summed E-state index contributed by atoms with van der Waals surface area (Å²) in [6, 6.07) is 2.12. The highest BCUT2D eigenvalue weighted by Crippen LogP contribution is 2.23. The second kappa shape index (κ2) is 6.06. The van der Waals surface area contributed by atoms with Crippen LogP contribution in [0.3, 0.4) is 0 Å². The first-order valence-corrected chi connectivity index (χ1v) is 7.79. The van der Waals surface area contributed by atoms with E-state index in [2.05, 4.69) is 36.2 Å².